The summed E-state index contributed by atoms with van der Waals surface area (Å²) in [5.41, 5.74) is 1.96. The number of nitrogens with zero attached hydrogens (tertiary/aromatic N) is 5. The van der Waals surface area contributed by atoms with Crippen molar-refractivity contribution in [3.8, 4) is 17.3 Å². The number of carbonyl (C=O) groups is 1. The first-order valence-electron chi connectivity index (χ1n) is 11.8. The molecule has 0 radical (unpaired) electrons. The maximum Gasteiger partial charge on any atom is 0.225 e. The second kappa shape index (κ2) is 11.0. The van der Waals surface area contributed by atoms with E-state index in [1.165, 1.54) is 0 Å². The summed E-state index contributed by atoms with van der Waals surface area (Å²) in [5.74, 6) is 3.07. The number of carbonyl (C=O) groups excluding carboxylic acids is 1. The minimum Gasteiger partial charge on any atom is -0.494 e. The molecule has 1 aliphatic heterocycles. The Morgan fingerprint density at radius 3 is 2.53 bits per heavy atom. The highest BCUT2D eigenvalue weighted by Gasteiger charge is 2.26. The molecule has 34 heavy (non-hydrogen) atoms. The van der Waals surface area contributed by atoms with Gasteiger partial charge in [0.25, 0.3) is 0 Å². The number of piperidine rings is 1. The van der Waals surface area contributed by atoms with Gasteiger partial charge in [-0.2, -0.15) is 5.10 Å². The van der Waals surface area contributed by atoms with Gasteiger partial charge in [0.2, 0.25) is 5.91 Å². The summed E-state index contributed by atoms with van der Waals surface area (Å²) in [4.78, 5) is 23.8. The number of aryl methyl sites for hydroxylation is 2. The first-order chi connectivity index (χ1) is 16.5. The van der Waals surface area contributed by atoms with Crippen molar-refractivity contribution < 1.29 is 14.3 Å². The molecular formula is C25H32N6O3. The van der Waals surface area contributed by atoms with E-state index >= 15 is 0 Å². The van der Waals surface area contributed by atoms with Crippen LogP contribution < -0.4 is 19.7 Å². The Labute approximate surface area is 200 Å². The summed E-state index contributed by atoms with van der Waals surface area (Å²) in [6.45, 7) is 8.90. The van der Waals surface area contributed by atoms with Crippen molar-refractivity contribution >= 4 is 11.7 Å². The normalized spacial score (nSPS) is 15.7. The van der Waals surface area contributed by atoms with Gasteiger partial charge >= 0.3 is 0 Å². The molecule has 1 aromatic carbocycles. The zero-order valence-corrected chi connectivity index (χ0v) is 20.0. The number of nitrogens with one attached hydrogen (secondary N) is 1. The van der Waals surface area contributed by atoms with Crippen molar-refractivity contribution in [3.05, 3.63) is 54.1 Å². The third-order valence-corrected chi connectivity index (χ3v) is 5.79. The molecule has 0 spiro atoms. The van der Waals surface area contributed by atoms with Crippen molar-refractivity contribution in [2.75, 3.05) is 37.7 Å². The van der Waals surface area contributed by atoms with Crippen LogP contribution in [-0.2, 0) is 4.79 Å². The van der Waals surface area contributed by atoms with E-state index in [1.807, 2.05) is 61.9 Å². The van der Waals surface area contributed by atoms with Crippen LogP contribution in [-0.4, -0.2) is 58.5 Å². The van der Waals surface area contributed by atoms with E-state index in [9.17, 15) is 4.79 Å². The SMILES string of the molecule is CCOc1ccc(OCCNC(=O)C2CCCN(c3cc(-n4nc(C)cc4C)ncn3)C2)cc1. The monoisotopic (exact) mass is 464 g/mol. The molecule has 1 fully saturated rings. The van der Waals surface area contributed by atoms with Crippen LogP contribution in [0.3, 0.4) is 0 Å². The summed E-state index contributed by atoms with van der Waals surface area (Å²) < 4.78 is 13.0. The van der Waals surface area contributed by atoms with E-state index in [-0.39, 0.29) is 11.8 Å². The molecule has 3 heterocycles. The number of amides is 1. The minimum absolute atomic E-state index is 0.0489. The Bertz CT molecular complexity index is 1100. The number of aromatic nitrogens is 4. The lowest BCUT2D eigenvalue weighted by atomic mass is 9.97. The Morgan fingerprint density at radius 1 is 1.09 bits per heavy atom. The Hall–Kier alpha value is -3.62. The van der Waals surface area contributed by atoms with Gasteiger partial charge in [-0.25, -0.2) is 14.6 Å². The van der Waals surface area contributed by atoms with Crippen molar-refractivity contribution in [1.82, 2.24) is 25.1 Å². The van der Waals surface area contributed by atoms with Crippen molar-refractivity contribution in [2.24, 2.45) is 5.92 Å². The molecule has 2 aromatic heterocycles. The quantitative estimate of drug-likeness (QED) is 0.486. The minimum atomic E-state index is -0.0914. The largest absolute Gasteiger partial charge is 0.494 e. The standard InChI is InChI=1S/C25H32N6O3/c1-4-33-21-7-9-22(10-8-21)34-13-11-26-25(32)20-6-5-12-30(16-20)23-15-24(28-17-27-23)31-19(3)14-18(2)29-31/h7-10,14-15,17,20H,4-6,11-13,16H2,1-3H3,(H,26,32). The summed E-state index contributed by atoms with van der Waals surface area (Å²) in [6, 6.07) is 11.4. The van der Waals surface area contributed by atoms with Crippen LogP contribution in [0.2, 0.25) is 0 Å². The van der Waals surface area contributed by atoms with Gasteiger partial charge in [0.05, 0.1) is 24.8 Å². The lowest BCUT2D eigenvalue weighted by molar-refractivity contribution is -0.125. The average molecular weight is 465 g/mol. The molecular weight excluding hydrogens is 432 g/mol. The summed E-state index contributed by atoms with van der Waals surface area (Å²) in [6.07, 6.45) is 3.35. The molecule has 9 heteroatoms. The third-order valence-electron chi connectivity index (χ3n) is 5.79. The molecule has 1 N–H and O–H groups in total. The molecule has 4 rings (SSSR count). The zero-order chi connectivity index (χ0) is 23.9. The van der Waals surface area contributed by atoms with Gasteiger partial charge < -0.3 is 19.7 Å². The van der Waals surface area contributed by atoms with Crippen LogP contribution in [0.1, 0.15) is 31.2 Å². The highest BCUT2D eigenvalue weighted by atomic mass is 16.5. The van der Waals surface area contributed by atoms with Crippen LogP contribution >= 0.6 is 0 Å². The number of benzene rings is 1. The topological polar surface area (TPSA) is 94.4 Å². The van der Waals surface area contributed by atoms with Gasteiger partial charge in [-0.15, -0.1) is 0 Å². The van der Waals surface area contributed by atoms with E-state index in [0.29, 0.717) is 26.3 Å². The Balaban J connectivity index is 1.28. The molecule has 3 aromatic rings. The molecule has 0 aliphatic carbocycles. The van der Waals surface area contributed by atoms with Crippen LogP contribution in [0.5, 0.6) is 11.5 Å². The van der Waals surface area contributed by atoms with Gasteiger partial charge in [0.15, 0.2) is 5.82 Å². The molecule has 1 amide bonds. The predicted octanol–water partition coefficient (Wildman–Crippen LogP) is 3.09. The first kappa shape index (κ1) is 23.5. The first-order valence-corrected chi connectivity index (χ1v) is 11.8. The van der Waals surface area contributed by atoms with Crippen LogP contribution in [0.15, 0.2) is 42.7 Å². The maximum absolute atomic E-state index is 12.8. The van der Waals surface area contributed by atoms with Gasteiger partial charge in [-0.3, -0.25) is 4.79 Å². The summed E-state index contributed by atoms with van der Waals surface area (Å²) in [7, 11) is 0. The van der Waals surface area contributed by atoms with E-state index in [1.54, 1.807) is 6.33 Å². The van der Waals surface area contributed by atoms with Crippen LogP contribution in [0, 0.1) is 19.8 Å². The van der Waals surface area contributed by atoms with E-state index in [0.717, 1.165) is 53.9 Å². The number of hydrogen-bond donors (Lipinski definition) is 1. The second-order valence-electron chi connectivity index (χ2n) is 8.40. The lowest BCUT2D eigenvalue weighted by Gasteiger charge is -2.32. The fourth-order valence-corrected chi connectivity index (χ4v) is 4.17. The number of hydrogen-bond acceptors (Lipinski definition) is 7. The lowest BCUT2D eigenvalue weighted by Crippen LogP contribution is -2.44. The molecule has 1 aliphatic rings. The molecule has 0 bridgehead atoms. The van der Waals surface area contributed by atoms with Crippen LogP contribution in [0.25, 0.3) is 5.82 Å². The number of rotatable bonds is 9. The van der Waals surface area contributed by atoms with Crippen molar-refractivity contribution in [3.63, 3.8) is 0 Å². The molecule has 1 saturated heterocycles. The fourth-order valence-electron chi connectivity index (χ4n) is 4.17. The molecule has 1 unspecified atom stereocenters. The van der Waals surface area contributed by atoms with E-state index < -0.39 is 0 Å². The Morgan fingerprint density at radius 2 is 1.82 bits per heavy atom. The van der Waals surface area contributed by atoms with Crippen molar-refractivity contribution in [1.29, 1.82) is 0 Å². The summed E-state index contributed by atoms with van der Waals surface area (Å²) >= 11 is 0. The number of anilines is 1. The highest BCUT2D eigenvalue weighted by Crippen LogP contribution is 2.23. The van der Waals surface area contributed by atoms with Gasteiger partial charge in [0, 0.05) is 24.8 Å². The van der Waals surface area contributed by atoms with Crippen LogP contribution in [0.4, 0.5) is 5.82 Å². The van der Waals surface area contributed by atoms with Gasteiger partial charge in [0.1, 0.15) is 30.3 Å². The third kappa shape index (κ3) is 5.84. The van der Waals surface area contributed by atoms with E-state index in [2.05, 4.69) is 25.3 Å². The second-order valence-corrected chi connectivity index (χ2v) is 8.40. The smallest absolute Gasteiger partial charge is 0.225 e. The average Bonchev–Trinajstić information content (AvgIpc) is 3.21. The fraction of sp³-hybridized carbons (Fsp3) is 0.440. The predicted molar refractivity (Wildman–Crippen MR) is 130 cm³/mol. The van der Waals surface area contributed by atoms with Crippen molar-refractivity contribution in [2.45, 2.75) is 33.6 Å². The van der Waals surface area contributed by atoms with Gasteiger partial charge in [-0.05, 0) is 63.9 Å². The summed E-state index contributed by atoms with van der Waals surface area (Å²) in [5, 5.41) is 7.52. The molecule has 0 saturated carbocycles. The molecule has 1 atom stereocenters. The molecule has 9 nitrogen and oxygen atoms in total. The number of ether oxygens (including phenoxy) is 2. The maximum atomic E-state index is 12.8. The molecule has 180 valence electrons. The van der Waals surface area contributed by atoms with E-state index in [4.69, 9.17) is 9.47 Å². The zero-order valence-electron chi connectivity index (χ0n) is 20.0. The highest BCUT2D eigenvalue weighted by molar-refractivity contribution is 5.79. The Kier molecular flexibility index (Phi) is 7.61. The van der Waals surface area contributed by atoms with Gasteiger partial charge in [-0.1, -0.05) is 0 Å².